The number of hydrogen-bond acceptors (Lipinski definition) is 7. The highest BCUT2D eigenvalue weighted by Crippen LogP contribution is 2.34. The van der Waals surface area contributed by atoms with E-state index in [0.717, 1.165) is 13.0 Å². The van der Waals surface area contributed by atoms with E-state index in [2.05, 4.69) is 25.9 Å². The first kappa shape index (κ1) is 30.0. The molecule has 5 N–H and O–H groups in total. The molecular weight excluding hydrogens is 490 g/mol. The molecule has 4 heterocycles. The number of fused-ring (bicyclic) bond motifs is 2. The van der Waals surface area contributed by atoms with Crippen molar-refractivity contribution >= 4 is 23.2 Å². The molecule has 5 rings (SSSR count). The minimum absolute atomic E-state index is 0.0968. The van der Waals surface area contributed by atoms with Crippen LogP contribution in [0.4, 0.5) is 26.1 Å². The van der Waals surface area contributed by atoms with Gasteiger partial charge in [-0.15, -0.1) is 0 Å². The average Bonchev–Trinajstić information content (AvgIpc) is 3.16. The Hall–Kier alpha value is -4.21. The van der Waals surface area contributed by atoms with Gasteiger partial charge in [0.1, 0.15) is 17.5 Å². The van der Waals surface area contributed by atoms with Gasteiger partial charge in [0.15, 0.2) is 11.6 Å². The molecule has 8 nitrogen and oxygen atoms in total. The maximum Gasteiger partial charge on any atom is 0.255 e. The lowest BCUT2D eigenvalue weighted by molar-refractivity contribution is 0.0966. The summed E-state index contributed by atoms with van der Waals surface area (Å²) in [5, 5.41) is 9.00. The van der Waals surface area contributed by atoms with Crippen molar-refractivity contribution in [3.63, 3.8) is 0 Å². The normalized spacial score (nSPS) is 12.9. The van der Waals surface area contributed by atoms with E-state index in [4.69, 9.17) is 10.5 Å². The van der Waals surface area contributed by atoms with Crippen molar-refractivity contribution in [1.82, 2.24) is 15.3 Å². The van der Waals surface area contributed by atoms with Crippen LogP contribution in [0.3, 0.4) is 0 Å². The van der Waals surface area contributed by atoms with Crippen LogP contribution in [0.1, 0.15) is 57.1 Å². The molecule has 2 aliphatic rings. The van der Waals surface area contributed by atoms with Gasteiger partial charge in [-0.05, 0) is 49.9 Å². The summed E-state index contributed by atoms with van der Waals surface area (Å²) in [4.78, 5) is 21.2. The van der Waals surface area contributed by atoms with E-state index < -0.39 is 11.6 Å². The molecule has 10 heteroatoms. The van der Waals surface area contributed by atoms with Crippen molar-refractivity contribution in [2.45, 2.75) is 47.6 Å². The molecule has 0 unspecified atom stereocenters. The zero-order valence-corrected chi connectivity index (χ0v) is 22.5. The Morgan fingerprint density at radius 1 is 1.03 bits per heavy atom. The second kappa shape index (κ2) is 15.1. The summed E-state index contributed by atoms with van der Waals surface area (Å²) in [5.74, 6) is -0.0696. The van der Waals surface area contributed by atoms with Crippen LogP contribution in [0.25, 0.3) is 11.3 Å². The highest BCUT2D eigenvalue weighted by molar-refractivity contribution is 6.04. The molecule has 0 bridgehead atoms. The molecule has 0 saturated carbocycles. The lowest BCUT2D eigenvalue weighted by Gasteiger charge is -2.14. The summed E-state index contributed by atoms with van der Waals surface area (Å²) in [5.41, 5.74) is 5.82. The van der Waals surface area contributed by atoms with E-state index in [9.17, 15) is 13.6 Å². The summed E-state index contributed by atoms with van der Waals surface area (Å²) < 4.78 is 34.3. The van der Waals surface area contributed by atoms with Crippen molar-refractivity contribution in [3.05, 3.63) is 71.6 Å². The van der Waals surface area contributed by atoms with Crippen molar-refractivity contribution in [3.8, 4) is 17.0 Å². The number of halogens is 2. The second-order valence-corrected chi connectivity index (χ2v) is 7.48. The van der Waals surface area contributed by atoms with Crippen molar-refractivity contribution < 1.29 is 18.3 Å². The molecule has 1 aromatic carbocycles. The number of pyridine rings is 2. The largest absolute Gasteiger partial charge is 0.490 e. The number of carbonyl (C=O) groups excluding carboxylic acids is 1. The van der Waals surface area contributed by atoms with Gasteiger partial charge in [0.25, 0.3) is 5.91 Å². The van der Waals surface area contributed by atoms with Crippen LogP contribution in [0.2, 0.25) is 0 Å². The van der Waals surface area contributed by atoms with E-state index in [1.54, 1.807) is 18.2 Å². The molecule has 3 aromatic rings. The third kappa shape index (κ3) is 7.18. The third-order valence-corrected chi connectivity index (χ3v) is 5.14. The predicted octanol–water partition coefficient (Wildman–Crippen LogP) is 6.13. The smallest absolute Gasteiger partial charge is 0.255 e. The quantitative estimate of drug-likeness (QED) is 0.324. The summed E-state index contributed by atoms with van der Waals surface area (Å²) in [7, 11) is 0. The van der Waals surface area contributed by atoms with Gasteiger partial charge in [-0.2, -0.15) is 0 Å². The lowest BCUT2D eigenvalue weighted by Crippen LogP contribution is -2.13. The number of carbonyl (C=O) groups is 1. The maximum absolute atomic E-state index is 14.3. The van der Waals surface area contributed by atoms with E-state index in [-0.39, 0.29) is 23.7 Å². The number of anilines is 3. The minimum atomic E-state index is -0.727. The highest BCUT2D eigenvalue weighted by atomic mass is 19.1. The van der Waals surface area contributed by atoms with E-state index >= 15 is 0 Å². The van der Waals surface area contributed by atoms with Gasteiger partial charge in [-0.3, -0.25) is 4.79 Å². The number of amides is 1. The zero-order chi connectivity index (χ0) is 28.1. The number of nitrogens with zero attached hydrogens (tertiary/aromatic N) is 2. The van der Waals surface area contributed by atoms with Crippen LogP contribution in [-0.4, -0.2) is 29.0 Å². The van der Waals surface area contributed by atoms with Crippen molar-refractivity contribution in [2.75, 3.05) is 23.8 Å². The molecule has 2 aliphatic heterocycles. The molecule has 0 saturated heterocycles. The Labute approximate surface area is 222 Å². The topological polar surface area (TPSA) is 114 Å². The van der Waals surface area contributed by atoms with Crippen LogP contribution < -0.4 is 26.4 Å². The van der Waals surface area contributed by atoms with Gasteiger partial charge >= 0.3 is 0 Å². The molecule has 204 valence electrons. The van der Waals surface area contributed by atoms with E-state index in [0.29, 0.717) is 40.9 Å². The summed E-state index contributed by atoms with van der Waals surface area (Å²) in [6.45, 7) is 11.4. The van der Waals surface area contributed by atoms with Crippen LogP contribution in [0, 0.1) is 11.6 Å². The molecule has 2 aromatic heterocycles. The molecule has 1 amide bonds. The maximum atomic E-state index is 14.3. The fourth-order valence-electron chi connectivity index (χ4n) is 3.56. The second-order valence-electron chi connectivity index (χ2n) is 7.48. The van der Waals surface area contributed by atoms with Gasteiger partial charge < -0.3 is 26.4 Å². The van der Waals surface area contributed by atoms with Crippen LogP contribution in [-0.2, 0) is 6.54 Å². The molecule has 0 fully saturated rings. The first-order chi connectivity index (χ1) is 18.5. The van der Waals surface area contributed by atoms with Gasteiger partial charge in [0.2, 0.25) is 0 Å². The Bertz CT molecular complexity index is 1230. The summed E-state index contributed by atoms with van der Waals surface area (Å²) >= 11 is 0. The number of rotatable bonds is 3. The van der Waals surface area contributed by atoms with Crippen molar-refractivity contribution in [1.29, 1.82) is 0 Å². The first-order valence-corrected chi connectivity index (χ1v) is 12.8. The van der Waals surface area contributed by atoms with Gasteiger partial charge in [-0.25, -0.2) is 18.7 Å². The van der Waals surface area contributed by atoms with Gasteiger partial charge in [0, 0.05) is 6.54 Å². The van der Waals surface area contributed by atoms with E-state index in [1.807, 2.05) is 34.6 Å². The number of ether oxygens (including phenoxy) is 1. The lowest BCUT2D eigenvalue weighted by atomic mass is 10.1. The molecule has 0 spiro atoms. The zero-order valence-electron chi connectivity index (χ0n) is 22.5. The standard InChI is InChI=1S/C21H17F2N5O2.C3H7N.2C2H6/c22-11-3-1-4-12(23)18(11)13-9-14(19-15(26-13)10-25-21(19)29)27-17-6-5-16-20(28-17)24-7-2-8-30-16;1-2-3-4;2*1-2/h1,3-6,9H,2,7-8,10H2,(H,25,29)(H2,24,26,27,28);2-3H,4H2,1H3;2*1-2H3/b;3-2+;;. The average molecular weight is 527 g/mol. The number of nitrogens with one attached hydrogen (secondary N) is 3. The van der Waals surface area contributed by atoms with Gasteiger partial charge in [-0.1, -0.05) is 39.8 Å². The highest BCUT2D eigenvalue weighted by Gasteiger charge is 2.27. The molecular formula is C28H36F2N6O2. The Kier molecular flexibility index (Phi) is 12.0. The van der Waals surface area contributed by atoms with Crippen LogP contribution in [0.15, 0.2) is 48.7 Å². The monoisotopic (exact) mass is 526 g/mol. The number of nitrogens with two attached hydrogens (primary N) is 1. The Morgan fingerprint density at radius 2 is 1.71 bits per heavy atom. The minimum Gasteiger partial charge on any atom is -0.490 e. The molecule has 0 radical (unpaired) electrons. The number of allylic oxidation sites excluding steroid dienone is 1. The summed E-state index contributed by atoms with van der Waals surface area (Å²) in [6, 6.07) is 8.59. The summed E-state index contributed by atoms with van der Waals surface area (Å²) in [6.07, 6.45) is 4.13. The first-order valence-electron chi connectivity index (χ1n) is 12.8. The molecule has 0 aliphatic carbocycles. The number of aromatic nitrogens is 2. The molecule has 0 atom stereocenters. The third-order valence-electron chi connectivity index (χ3n) is 5.14. The fourth-order valence-corrected chi connectivity index (χ4v) is 3.56. The van der Waals surface area contributed by atoms with Gasteiger partial charge in [0.05, 0.1) is 41.4 Å². The predicted molar refractivity (Wildman–Crippen MR) is 149 cm³/mol. The van der Waals surface area contributed by atoms with Crippen LogP contribution in [0.5, 0.6) is 5.75 Å². The number of benzene rings is 1. The van der Waals surface area contributed by atoms with Crippen molar-refractivity contribution in [2.24, 2.45) is 5.73 Å². The SMILES string of the molecule is C/C=C/N.CC.CC.O=C1NCc2nc(-c3c(F)cccc3F)cc(Nc3ccc4c(n3)NCCCO4)c21. The molecule has 38 heavy (non-hydrogen) atoms. The van der Waals surface area contributed by atoms with E-state index in [1.165, 1.54) is 30.5 Å². The fraction of sp³-hybridized carbons (Fsp3) is 0.321. The van der Waals surface area contributed by atoms with Crippen LogP contribution >= 0.6 is 0 Å². The Morgan fingerprint density at radius 3 is 2.37 bits per heavy atom. The number of hydrogen-bond donors (Lipinski definition) is 4. The Balaban J connectivity index is 0.000000571.